The molecule has 0 bridgehead atoms. The first-order valence-electron chi connectivity index (χ1n) is 7.70. The fourth-order valence-electron chi connectivity index (χ4n) is 3.34. The van der Waals surface area contributed by atoms with Crippen molar-refractivity contribution in [3.63, 3.8) is 0 Å². The summed E-state index contributed by atoms with van der Waals surface area (Å²) in [6, 6.07) is 0.701. The maximum absolute atomic E-state index is 3.63. The van der Waals surface area contributed by atoms with E-state index in [4.69, 9.17) is 0 Å². The predicted molar refractivity (Wildman–Crippen MR) is 74.3 cm³/mol. The smallest absolute Gasteiger partial charge is 0.00510 e. The van der Waals surface area contributed by atoms with E-state index in [9.17, 15) is 0 Å². The van der Waals surface area contributed by atoms with Gasteiger partial charge in [-0.25, -0.2) is 0 Å². The zero-order valence-electron chi connectivity index (χ0n) is 11.8. The molecular weight excluding hydrogens is 208 g/mol. The third-order valence-electron chi connectivity index (χ3n) is 4.59. The van der Waals surface area contributed by atoms with Crippen LogP contribution in [0.1, 0.15) is 52.4 Å². The summed E-state index contributed by atoms with van der Waals surface area (Å²) < 4.78 is 0. The number of rotatable bonds is 3. The van der Waals surface area contributed by atoms with Crippen molar-refractivity contribution in [1.82, 2.24) is 10.2 Å². The lowest BCUT2D eigenvalue weighted by Crippen LogP contribution is -2.43. The average molecular weight is 238 g/mol. The van der Waals surface area contributed by atoms with Crippen molar-refractivity contribution in [2.45, 2.75) is 58.4 Å². The Morgan fingerprint density at radius 1 is 1.12 bits per heavy atom. The second kappa shape index (κ2) is 6.75. The molecule has 0 spiro atoms. The molecule has 1 heterocycles. The molecule has 2 heteroatoms. The van der Waals surface area contributed by atoms with Crippen molar-refractivity contribution in [3.05, 3.63) is 0 Å². The van der Waals surface area contributed by atoms with E-state index in [0.29, 0.717) is 6.04 Å². The van der Waals surface area contributed by atoms with Crippen molar-refractivity contribution < 1.29 is 0 Å². The Morgan fingerprint density at radius 3 is 2.65 bits per heavy atom. The van der Waals surface area contributed by atoms with Crippen LogP contribution >= 0.6 is 0 Å². The quantitative estimate of drug-likeness (QED) is 0.813. The molecule has 1 saturated heterocycles. The summed E-state index contributed by atoms with van der Waals surface area (Å²) in [6.07, 6.45) is 8.75. The highest BCUT2D eigenvalue weighted by atomic mass is 15.1. The normalized spacial score (nSPS) is 33.5. The van der Waals surface area contributed by atoms with Crippen molar-refractivity contribution >= 4 is 0 Å². The molecular formula is C15H30N2. The number of hydrogen-bond acceptors (Lipinski definition) is 2. The van der Waals surface area contributed by atoms with Gasteiger partial charge in [0.15, 0.2) is 0 Å². The lowest BCUT2D eigenvalue weighted by Gasteiger charge is -2.31. The third-order valence-corrected chi connectivity index (χ3v) is 4.59. The fraction of sp³-hybridized carbons (Fsp3) is 1.00. The number of nitrogens with one attached hydrogen (secondary N) is 1. The topological polar surface area (TPSA) is 15.3 Å². The summed E-state index contributed by atoms with van der Waals surface area (Å²) in [6.45, 7) is 9.85. The molecule has 1 aliphatic heterocycles. The van der Waals surface area contributed by atoms with Gasteiger partial charge in [0.05, 0.1) is 0 Å². The van der Waals surface area contributed by atoms with Crippen LogP contribution in [0.4, 0.5) is 0 Å². The minimum Gasteiger partial charge on any atom is -0.314 e. The summed E-state index contributed by atoms with van der Waals surface area (Å²) in [4.78, 5) is 2.72. The van der Waals surface area contributed by atoms with Crippen LogP contribution in [0, 0.1) is 11.8 Å². The van der Waals surface area contributed by atoms with Gasteiger partial charge in [-0.15, -0.1) is 0 Å². The number of hydrogen-bond donors (Lipinski definition) is 1. The molecule has 1 N–H and O–H groups in total. The van der Waals surface area contributed by atoms with Crippen LogP contribution in [0.15, 0.2) is 0 Å². The standard InChI is InChI=1S/C15H30N2/c1-13-11-16-14(2)7-9-17(12-13)10-8-15-5-3-4-6-15/h13-16H,3-12H2,1-2H3. The Bertz CT molecular complexity index is 211. The van der Waals surface area contributed by atoms with Crippen molar-refractivity contribution in [1.29, 1.82) is 0 Å². The highest BCUT2D eigenvalue weighted by Gasteiger charge is 2.19. The van der Waals surface area contributed by atoms with Crippen molar-refractivity contribution in [2.24, 2.45) is 11.8 Å². The van der Waals surface area contributed by atoms with E-state index < -0.39 is 0 Å². The molecule has 100 valence electrons. The Morgan fingerprint density at radius 2 is 1.88 bits per heavy atom. The van der Waals surface area contributed by atoms with Crippen molar-refractivity contribution in [2.75, 3.05) is 26.2 Å². The maximum Gasteiger partial charge on any atom is 0.00510 e. The monoisotopic (exact) mass is 238 g/mol. The van der Waals surface area contributed by atoms with Gasteiger partial charge in [-0.2, -0.15) is 0 Å². The second-order valence-corrected chi connectivity index (χ2v) is 6.44. The molecule has 0 radical (unpaired) electrons. The molecule has 2 rings (SSSR count). The van der Waals surface area contributed by atoms with Gasteiger partial charge >= 0.3 is 0 Å². The minimum absolute atomic E-state index is 0.701. The SMILES string of the molecule is CC1CNC(C)CCN(CCC2CCCC2)C1. The molecule has 1 saturated carbocycles. The minimum atomic E-state index is 0.701. The van der Waals surface area contributed by atoms with Crippen LogP contribution in [-0.2, 0) is 0 Å². The first-order chi connectivity index (χ1) is 8.24. The van der Waals surface area contributed by atoms with Crippen LogP contribution in [0.2, 0.25) is 0 Å². The Labute approximate surface area is 107 Å². The number of nitrogens with zero attached hydrogens (tertiary/aromatic N) is 1. The van der Waals surface area contributed by atoms with E-state index in [0.717, 1.165) is 11.8 Å². The second-order valence-electron chi connectivity index (χ2n) is 6.44. The third kappa shape index (κ3) is 4.59. The van der Waals surface area contributed by atoms with E-state index in [1.165, 1.54) is 64.7 Å². The molecule has 2 atom stereocenters. The molecule has 2 unspecified atom stereocenters. The van der Waals surface area contributed by atoms with Crippen LogP contribution in [-0.4, -0.2) is 37.1 Å². The fourth-order valence-corrected chi connectivity index (χ4v) is 3.34. The van der Waals surface area contributed by atoms with E-state index in [1.54, 1.807) is 0 Å². The molecule has 0 aromatic rings. The Balaban J connectivity index is 1.72. The van der Waals surface area contributed by atoms with Gasteiger partial charge < -0.3 is 10.2 Å². The van der Waals surface area contributed by atoms with E-state index >= 15 is 0 Å². The molecule has 2 aliphatic rings. The first kappa shape index (κ1) is 13.4. The summed E-state index contributed by atoms with van der Waals surface area (Å²) in [5.41, 5.74) is 0. The molecule has 0 aromatic heterocycles. The van der Waals surface area contributed by atoms with Crippen molar-refractivity contribution in [3.8, 4) is 0 Å². The average Bonchev–Trinajstić information content (AvgIpc) is 2.81. The van der Waals surface area contributed by atoms with Crippen LogP contribution in [0.5, 0.6) is 0 Å². The van der Waals surface area contributed by atoms with Gasteiger partial charge in [-0.05, 0) is 51.2 Å². The maximum atomic E-state index is 3.63. The molecule has 0 amide bonds. The molecule has 17 heavy (non-hydrogen) atoms. The van der Waals surface area contributed by atoms with Gasteiger partial charge in [0.25, 0.3) is 0 Å². The summed E-state index contributed by atoms with van der Waals surface area (Å²) in [7, 11) is 0. The lowest BCUT2D eigenvalue weighted by atomic mass is 10.0. The summed E-state index contributed by atoms with van der Waals surface area (Å²) in [5, 5.41) is 3.63. The Hall–Kier alpha value is -0.0800. The highest BCUT2D eigenvalue weighted by molar-refractivity contribution is 4.75. The zero-order chi connectivity index (χ0) is 12.1. The van der Waals surface area contributed by atoms with E-state index in [2.05, 4.69) is 24.1 Å². The van der Waals surface area contributed by atoms with Gasteiger partial charge in [-0.3, -0.25) is 0 Å². The van der Waals surface area contributed by atoms with E-state index in [1.807, 2.05) is 0 Å². The van der Waals surface area contributed by atoms with Crippen LogP contribution in [0.3, 0.4) is 0 Å². The molecule has 0 aromatic carbocycles. The predicted octanol–water partition coefficient (Wildman–Crippen LogP) is 2.89. The Kier molecular flexibility index (Phi) is 5.30. The van der Waals surface area contributed by atoms with Crippen LogP contribution < -0.4 is 5.32 Å². The molecule has 2 fully saturated rings. The summed E-state index contributed by atoms with van der Waals surface area (Å²) >= 11 is 0. The highest BCUT2D eigenvalue weighted by Crippen LogP contribution is 2.27. The largest absolute Gasteiger partial charge is 0.314 e. The summed E-state index contributed by atoms with van der Waals surface area (Å²) in [5.74, 6) is 1.85. The van der Waals surface area contributed by atoms with E-state index in [-0.39, 0.29) is 0 Å². The molecule has 1 aliphatic carbocycles. The van der Waals surface area contributed by atoms with Gasteiger partial charge in [0, 0.05) is 12.6 Å². The lowest BCUT2D eigenvalue weighted by molar-refractivity contribution is 0.190. The first-order valence-corrected chi connectivity index (χ1v) is 7.70. The van der Waals surface area contributed by atoms with Crippen LogP contribution in [0.25, 0.3) is 0 Å². The van der Waals surface area contributed by atoms with Gasteiger partial charge in [0.2, 0.25) is 0 Å². The van der Waals surface area contributed by atoms with Gasteiger partial charge in [0.1, 0.15) is 0 Å². The molecule has 2 nitrogen and oxygen atoms in total. The zero-order valence-corrected chi connectivity index (χ0v) is 11.8. The van der Waals surface area contributed by atoms with Gasteiger partial charge in [-0.1, -0.05) is 32.6 Å².